The van der Waals surface area contributed by atoms with Crippen LogP contribution in [-0.4, -0.2) is 36.5 Å². The molecule has 82 valence electrons. The van der Waals surface area contributed by atoms with Crippen LogP contribution in [0.3, 0.4) is 0 Å². The summed E-state index contributed by atoms with van der Waals surface area (Å²) in [7, 11) is 1.65. The zero-order chi connectivity index (χ0) is 10.6. The quantitative estimate of drug-likeness (QED) is 0.690. The normalized spacial score (nSPS) is 32.6. The zero-order valence-corrected chi connectivity index (χ0v) is 8.78. The molecule has 0 unspecified atom stereocenters. The Balaban J connectivity index is 2.48. The summed E-state index contributed by atoms with van der Waals surface area (Å²) >= 11 is 0. The molecule has 0 bridgehead atoms. The average Bonchev–Trinajstić information content (AvgIpc) is 2.19. The molecule has 0 radical (unpaired) electrons. The molecule has 0 aliphatic heterocycles. The molecule has 0 amide bonds. The number of carbonyl (C=O) groups excluding carboxylic acids is 1. The molecule has 0 saturated heterocycles. The van der Waals surface area contributed by atoms with E-state index in [1.165, 1.54) is 0 Å². The van der Waals surface area contributed by atoms with Crippen LogP contribution in [0.2, 0.25) is 0 Å². The number of hydrogen-bond acceptors (Lipinski definition) is 4. The standard InChI is InChI=1S/C10H18O4/c1-3-14-9(11)10(12)6-4-8(13-2)5-7-10/h8,12H,3-7H2,1-2H3. The van der Waals surface area contributed by atoms with Gasteiger partial charge in [0.25, 0.3) is 0 Å². The maximum atomic E-state index is 11.4. The van der Waals surface area contributed by atoms with Gasteiger partial charge in [0, 0.05) is 7.11 Å². The second kappa shape index (κ2) is 4.75. The lowest BCUT2D eigenvalue weighted by Crippen LogP contribution is -2.44. The van der Waals surface area contributed by atoms with Gasteiger partial charge in [-0.05, 0) is 32.6 Å². The fraction of sp³-hybridized carbons (Fsp3) is 0.900. The van der Waals surface area contributed by atoms with Crippen LogP contribution in [0.1, 0.15) is 32.6 Å². The highest BCUT2D eigenvalue weighted by Gasteiger charge is 2.41. The van der Waals surface area contributed by atoms with Gasteiger partial charge < -0.3 is 14.6 Å². The van der Waals surface area contributed by atoms with Crippen molar-refractivity contribution in [3.63, 3.8) is 0 Å². The van der Waals surface area contributed by atoms with Gasteiger partial charge in [0.1, 0.15) is 0 Å². The first-order chi connectivity index (χ1) is 6.62. The molecule has 4 nitrogen and oxygen atoms in total. The summed E-state index contributed by atoms with van der Waals surface area (Å²) < 4.78 is 9.98. The Morgan fingerprint density at radius 1 is 1.50 bits per heavy atom. The van der Waals surface area contributed by atoms with E-state index in [0.29, 0.717) is 32.3 Å². The van der Waals surface area contributed by atoms with Gasteiger partial charge in [-0.1, -0.05) is 0 Å². The second-order valence-corrected chi connectivity index (χ2v) is 3.69. The van der Waals surface area contributed by atoms with Gasteiger partial charge in [-0.3, -0.25) is 0 Å². The predicted octanol–water partition coefficient (Wildman–Crippen LogP) is 0.870. The van der Waals surface area contributed by atoms with Crippen LogP contribution in [0.4, 0.5) is 0 Å². The minimum Gasteiger partial charge on any atom is -0.464 e. The molecular weight excluding hydrogens is 184 g/mol. The van der Waals surface area contributed by atoms with E-state index >= 15 is 0 Å². The molecule has 0 spiro atoms. The van der Waals surface area contributed by atoms with Gasteiger partial charge in [0.15, 0.2) is 5.60 Å². The van der Waals surface area contributed by atoms with Gasteiger partial charge in [-0.2, -0.15) is 0 Å². The number of carbonyl (C=O) groups is 1. The third kappa shape index (κ3) is 2.45. The van der Waals surface area contributed by atoms with E-state index in [0.717, 1.165) is 0 Å². The maximum Gasteiger partial charge on any atom is 0.338 e. The average molecular weight is 202 g/mol. The number of aliphatic hydroxyl groups is 1. The highest BCUT2D eigenvalue weighted by molar-refractivity contribution is 5.79. The molecular formula is C10H18O4. The van der Waals surface area contributed by atoms with Crippen LogP contribution in [0.15, 0.2) is 0 Å². The third-order valence-corrected chi connectivity index (χ3v) is 2.75. The van der Waals surface area contributed by atoms with Gasteiger partial charge in [-0.15, -0.1) is 0 Å². The Morgan fingerprint density at radius 2 is 2.07 bits per heavy atom. The Bertz CT molecular complexity index is 194. The number of hydrogen-bond donors (Lipinski definition) is 1. The van der Waals surface area contributed by atoms with E-state index < -0.39 is 11.6 Å². The maximum absolute atomic E-state index is 11.4. The number of methoxy groups -OCH3 is 1. The summed E-state index contributed by atoms with van der Waals surface area (Å²) in [5.41, 5.74) is -1.27. The van der Waals surface area contributed by atoms with Gasteiger partial charge >= 0.3 is 5.97 Å². The van der Waals surface area contributed by atoms with E-state index in [-0.39, 0.29) is 6.10 Å². The van der Waals surface area contributed by atoms with E-state index in [1.54, 1.807) is 14.0 Å². The monoisotopic (exact) mass is 202 g/mol. The Hall–Kier alpha value is -0.610. The lowest BCUT2D eigenvalue weighted by Gasteiger charge is -2.33. The lowest BCUT2D eigenvalue weighted by atomic mass is 9.83. The van der Waals surface area contributed by atoms with E-state index in [1.807, 2.05) is 0 Å². The highest BCUT2D eigenvalue weighted by atomic mass is 16.5. The molecule has 1 fully saturated rings. The first kappa shape index (κ1) is 11.5. The summed E-state index contributed by atoms with van der Waals surface area (Å²) in [6.45, 7) is 2.05. The van der Waals surface area contributed by atoms with Crippen molar-refractivity contribution in [1.29, 1.82) is 0 Å². The fourth-order valence-corrected chi connectivity index (χ4v) is 1.77. The molecule has 1 aliphatic carbocycles. The van der Waals surface area contributed by atoms with Crippen molar-refractivity contribution < 1.29 is 19.4 Å². The van der Waals surface area contributed by atoms with Crippen molar-refractivity contribution in [3.8, 4) is 0 Å². The molecule has 0 aromatic rings. The fourth-order valence-electron chi connectivity index (χ4n) is 1.77. The molecule has 1 saturated carbocycles. The number of ether oxygens (including phenoxy) is 2. The van der Waals surface area contributed by atoms with Gasteiger partial charge in [-0.25, -0.2) is 4.79 Å². The minimum absolute atomic E-state index is 0.171. The summed E-state index contributed by atoms with van der Waals surface area (Å²) in [6, 6.07) is 0. The van der Waals surface area contributed by atoms with E-state index in [9.17, 15) is 9.90 Å². The summed E-state index contributed by atoms with van der Waals surface area (Å²) in [4.78, 5) is 11.4. The van der Waals surface area contributed by atoms with Crippen molar-refractivity contribution in [3.05, 3.63) is 0 Å². The van der Waals surface area contributed by atoms with Crippen LogP contribution in [-0.2, 0) is 14.3 Å². The molecule has 14 heavy (non-hydrogen) atoms. The summed E-state index contributed by atoms with van der Waals surface area (Å²) in [5, 5.41) is 9.95. The number of rotatable bonds is 3. The van der Waals surface area contributed by atoms with Gasteiger partial charge in [0.05, 0.1) is 12.7 Å². The molecule has 0 heterocycles. The molecule has 1 rings (SSSR count). The summed E-state index contributed by atoms with van der Waals surface area (Å²) in [6.07, 6.45) is 2.47. The van der Waals surface area contributed by atoms with Crippen LogP contribution in [0.25, 0.3) is 0 Å². The summed E-state index contributed by atoms with van der Waals surface area (Å²) in [5.74, 6) is -0.491. The predicted molar refractivity (Wildman–Crippen MR) is 50.8 cm³/mol. The zero-order valence-electron chi connectivity index (χ0n) is 8.78. The molecule has 1 N–H and O–H groups in total. The topological polar surface area (TPSA) is 55.8 Å². The molecule has 0 atom stereocenters. The molecule has 0 aromatic carbocycles. The van der Waals surface area contributed by atoms with Crippen LogP contribution in [0, 0.1) is 0 Å². The van der Waals surface area contributed by atoms with E-state index in [2.05, 4.69) is 0 Å². The van der Waals surface area contributed by atoms with Crippen LogP contribution < -0.4 is 0 Å². The van der Waals surface area contributed by atoms with Crippen molar-refractivity contribution in [1.82, 2.24) is 0 Å². The third-order valence-electron chi connectivity index (χ3n) is 2.75. The van der Waals surface area contributed by atoms with Crippen molar-refractivity contribution in [2.75, 3.05) is 13.7 Å². The largest absolute Gasteiger partial charge is 0.464 e. The van der Waals surface area contributed by atoms with Gasteiger partial charge in [0.2, 0.25) is 0 Å². The lowest BCUT2D eigenvalue weighted by molar-refractivity contribution is -0.170. The Kier molecular flexibility index (Phi) is 3.89. The molecule has 1 aliphatic rings. The Labute approximate surface area is 84.2 Å². The SMILES string of the molecule is CCOC(=O)C1(O)CCC(OC)CC1. The van der Waals surface area contributed by atoms with Crippen LogP contribution >= 0.6 is 0 Å². The Morgan fingerprint density at radius 3 is 2.50 bits per heavy atom. The second-order valence-electron chi connectivity index (χ2n) is 3.69. The molecule has 0 aromatic heterocycles. The minimum atomic E-state index is -1.27. The first-order valence-corrected chi connectivity index (χ1v) is 5.05. The van der Waals surface area contributed by atoms with Crippen LogP contribution in [0.5, 0.6) is 0 Å². The van der Waals surface area contributed by atoms with Crippen molar-refractivity contribution >= 4 is 5.97 Å². The highest BCUT2D eigenvalue weighted by Crippen LogP contribution is 2.30. The number of esters is 1. The van der Waals surface area contributed by atoms with E-state index in [4.69, 9.17) is 9.47 Å². The van der Waals surface area contributed by atoms with Crippen molar-refractivity contribution in [2.24, 2.45) is 0 Å². The first-order valence-electron chi connectivity index (χ1n) is 5.05. The molecule has 4 heteroatoms. The van der Waals surface area contributed by atoms with Crippen molar-refractivity contribution in [2.45, 2.75) is 44.3 Å². The smallest absolute Gasteiger partial charge is 0.338 e.